The standard InChI is InChI=1S/C21H32FN5O.HI/c1-6-15(28-20-12-10-9-11-17(20)22)13-24-21(23-4)25-14-16-18(7-2)26-27(5)19(16)8-3;/h9-12,15H,6-8,13-14H2,1-5H3,(H2,23,24,25);1H. The molecule has 0 spiro atoms. The number of aryl methyl sites for hydroxylation is 2. The van der Waals surface area contributed by atoms with Crippen LogP contribution < -0.4 is 15.4 Å². The topological polar surface area (TPSA) is 63.5 Å². The van der Waals surface area contributed by atoms with Crippen LogP contribution in [-0.4, -0.2) is 35.4 Å². The number of hydrogen-bond acceptors (Lipinski definition) is 3. The zero-order valence-corrected chi connectivity index (χ0v) is 20.3. The van der Waals surface area contributed by atoms with E-state index >= 15 is 0 Å². The molecule has 0 saturated heterocycles. The van der Waals surface area contributed by atoms with Crippen LogP contribution in [0.2, 0.25) is 0 Å². The second kappa shape index (κ2) is 12.7. The van der Waals surface area contributed by atoms with Gasteiger partial charge in [-0.1, -0.05) is 32.9 Å². The van der Waals surface area contributed by atoms with Gasteiger partial charge in [0.25, 0.3) is 0 Å². The van der Waals surface area contributed by atoms with Crippen LogP contribution in [0, 0.1) is 5.82 Å². The molecule has 2 aromatic rings. The number of aliphatic imine (C=N–C) groups is 1. The zero-order chi connectivity index (χ0) is 20.5. The molecule has 1 atom stereocenters. The molecular formula is C21H33FIN5O. The van der Waals surface area contributed by atoms with Crippen LogP contribution in [0.4, 0.5) is 4.39 Å². The maximum Gasteiger partial charge on any atom is 0.191 e. The first kappa shape index (κ1) is 25.2. The van der Waals surface area contributed by atoms with Crippen LogP contribution in [0.1, 0.15) is 44.1 Å². The maximum absolute atomic E-state index is 13.8. The minimum absolute atomic E-state index is 0. The second-order valence-corrected chi connectivity index (χ2v) is 6.59. The summed E-state index contributed by atoms with van der Waals surface area (Å²) in [5.74, 6) is 0.609. The Hall–Kier alpha value is -1.84. The summed E-state index contributed by atoms with van der Waals surface area (Å²) in [7, 11) is 3.72. The van der Waals surface area contributed by atoms with Crippen LogP contribution >= 0.6 is 24.0 Å². The lowest BCUT2D eigenvalue weighted by Gasteiger charge is -2.20. The third-order valence-electron chi connectivity index (χ3n) is 4.77. The SMILES string of the molecule is CCc1nn(C)c(CC)c1CNC(=NC)NCC(CC)Oc1ccccc1F.I. The van der Waals surface area contributed by atoms with Crippen molar-refractivity contribution in [3.8, 4) is 5.75 Å². The Bertz CT molecular complexity index is 793. The van der Waals surface area contributed by atoms with Gasteiger partial charge < -0.3 is 15.4 Å². The first-order valence-electron chi connectivity index (χ1n) is 9.93. The number of para-hydroxylation sites is 1. The highest BCUT2D eigenvalue weighted by atomic mass is 127. The summed E-state index contributed by atoms with van der Waals surface area (Å²) in [5.41, 5.74) is 3.57. The summed E-state index contributed by atoms with van der Waals surface area (Å²) in [6.07, 6.45) is 2.42. The number of rotatable bonds is 9. The third-order valence-corrected chi connectivity index (χ3v) is 4.77. The average molecular weight is 517 g/mol. The molecule has 0 amide bonds. The van der Waals surface area contributed by atoms with Crippen molar-refractivity contribution >= 4 is 29.9 Å². The molecule has 1 heterocycles. The third kappa shape index (κ3) is 6.87. The highest BCUT2D eigenvalue weighted by Gasteiger charge is 2.15. The molecule has 0 aliphatic rings. The normalized spacial score (nSPS) is 12.3. The molecule has 6 nitrogen and oxygen atoms in total. The number of hydrogen-bond donors (Lipinski definition) is 2. The Labute approximate surface area is 190 Å². The van der Waals surface area contributed by atoms with Crippen LogP contribution in [0.5, 0.6) is 5.75 Å². The highest BCUT2D eigenvalue weighted by molar-refractivity contribution is 14.0. The fourth-order valence-electron chi connectivity index (χ4n) is 3.19. The number of benzene rings is 1. The van der Waals surface area contributed by atoms with Gasteiger partial charge in [0.15, 0.2) is 17.5 Å². The Balaban J connectivity index is 0.00000420. The van der Waals surface area contributed by atoms with Crippen LogP contribution in [0.25, 0.3) is 0 Å². The average Bonchev–Trinajstić information content (AvgIpc) is 3.02. The van der Waals surface area contributed by atoms with Crippen LogP contribution in [0.3, 0.4) is 0 Å². The first-order chi connectivity index (χ1) is 13.5. The monoisotopic (exact) mass is 517 g/mol. The summed E-state index contributed by atoms with van der Waals surface area (Å²) in [5, 5.41) is 11.2. The van der Waals surface area contributed by atoms with E-state index in [9.17, 15) is 4.39 Å². The quantitative estimate of drug-likeness (QED) is 0.302. The minimum Gasteiger partial charge on any atom is -0.486 e. The van der Waals surface area contributed by atoms with Gasteiger partial charge >= 0.3 is 0 Å². The van der Waals surface area contributed by atoms with Crippen molar-refractivity contribution < 1.29 is 9.13 Å². The Morgan fingerprint density at radius 2 is 1.93 bits per heavy atom. The van der Waals surface area contributed by atoms with Crippen molar-refractivity contribution in [2.75, 3.05) is 13.6 Å². The van der Waals surface area contributed by atoms with Gasteiger partial charge in [0, 0.05) is 31.9 Å². The van der Waals surface area contributed by atoms with Crippen molar-refractivity contribution in [3.63, 3.8) is 0 Å². The lowest BCUT2D eigenvalue weighted by Crippen LogP contribution is -2.42. The molecule has 8 heteroatoms. The van der Waals surface area contributed by atoms with E-state index in [2.05, 4.69) is 34.6 Å². The molecule has 0 saturated carbocycles. The first-order valence-corrected chi connectivity index (χ1v) is 9.93. The Morgan fingerprint density at radius 1 is 1.21 bits per heavy atom. The Kier molecular flexibility index (Phi) is 11.0. The van der Waals surface area contributed by atoms with Crippen molar-refractivity contribution in [1.82, 2.24) is 20.4 Å². The van der Waals surface area contributed by atoms with Gasteiger partial charge in [0.1, 0.15) is 6.10 Å². The molecule has 0 aliphatic heterocycles. The number of guanidine groups is 1. The number of halogens is 2. The van der Waals surface area contributed by atoms with E-state index < -0.39 is 0 Å². The maximum atomic E-state index is 13.8. The molecule has 162 valence electrons. The molecule has 0 bridgehead atoms. The van der Waals surface area contributed by atoms with Gasteiger partial charge in [-0.3, -0.25) is 9.67 Å². The van der Waals surface area contributed by atoms with E-state index in [0.717, 1.165) is 25.0 Å². The molecular weight excluding hydrogens is 484 g/mol. The van der Waals surface area contributed by atoms with Gasteiger partial charge in [-0.15, -0.1) is 24.0 Å². The van der Waals surface area contributed by atoms with Crippen molar-refractivity contribution in [1.29, 1.82) is 0 Å². The number of aromatic nitrogens is 2. The number of nitrogens with zero attached hydrogens (tertiary/aromatic N) is 3. The highest BCUT2D eigenvalue weighted by Crippen LogP contribution is 2.18. The molecule has 0 aliphatic carbocycles. The second-order valence-electron chi connectivity index (χ2n) is 6.59. The fraction of sp³-hybridized carbons (Fsp3) is 0.524. The summed E-state index contributed by atoms with van der Waals surface area (Å²) < 4.78 is 21.6. The fourth-order valence-corrected chi connectivity index (χ4v) is 3.19. The summed E-state index contributed by atoms with van der Waals surface area (Å²) in [4.78, 5) is 4.29. The van der Waals surface area contributed by atoms with E-state index in [4.69, 9.17) is 4.74 Å². The van der Waals surface area contributed by atoms with Crippen LogP contribution in [0.15, 0.2) is 29.3 Å². The van der Waals surface area contributed by atoms with Crippen molar-refractivity contribution in [3.05, 3.63) is 47.0 Å². The lowest BCUT2D eigenvalue weighted by atomic mass is 10.1. The molecule has 0 fully saturated rings. The molecule has 1 aromatic carbocycles. The van der Waals surface area contributed by atoms with Gasteiger partial charge in [-0.2, -0.15) is 5.10 Å². The van der Waals surface area contributed by atoms with Gasteiger partial charge in [-0.05, 0) is 31.4 Å². The van der Waals surface area contributed by atoms with E-state index in [-0.39, 0.29) is 41.6 Å². The predicted octanol–water partition coefficient (Wildman–Crippen LogP) is 3.82. The molecule has 2 rings (SSSR count). The number of ether oxygens (including phenoxy) is 1. The molecule has 0 radical (unpaired) electrons. The van der Waals surface area contributed by atoms with Crippen LogP contribution in [-0.2, 0) is 26.4 Å². The largest absolute Gasteiger partial charge is 0.486 e. The summed E-state index contributed by atoms with van der Waals surface area (Å²) in [6.45, 7) is 7.45. The molecule has 1 unspecified atom stereocenters. The van der Waals surface area contributed by atoms with Gasteiger partial charge in [0.2, 0.25) is 0 Å². The van der Waals surface area contributed by atoms with E-state index in [1.165, 1.54) is 17.3 Å². The van der Waals surface area contributed by atoms with Crippen molar-refractivity contribution in [2.45, 2.75) is 52.7 Å². The number of nitrogens with one attached hydrogen (secondary N) is 2. The van der Waals surface area contributed by atoms with Gasteiger partial charge in [0.05, 0.1) is 12.2 Å². The minimum atomic E-state index is -0.348. The molecule has 29 heavy (non-hydrogen) atoms. The van der Waals surface area contributed by atoms with E-state index in [1.807, 2.05) is 18.7 Å². The zero-order valence-electron chi connectivity index (χ0n) is 18.0. The lowest BCUT2D eigenvalue weighted by molar-refractivity contribution is 0.191. The van der Waals surface area contributed by atoms with Gasteiger partial charge in [-0.25, -0.2) is 4.39 Å². The smallest absolute Gasteiger partial charge is 0.191 e. The Morgan fingerprint density at radius 3 is 2.52 bits per heavy atom. The van der Waals surface area contributed by atoms with Crippen molar-refractivity contribution in [2.24, 2.45) is 12.0 Å². The van der Waals surface area contributed by atoms with E-state index in [0.29, 0.717) is 19.0 Å². The predicted molar refractivity (Wildman–Crippen MR) is 127 cm³/mol. The molecule has 2 N–H and O–H groups in total. The summed E-state index contributed by atoms with van der Waals surface area (Å²) in [6, 6.07) is 6.47. The molecule has 1 aromatic heterocycles. The van der Waals surface area contributed by atoms with E-state index in [1.54, 1.807) is 25.2 Å². The summed E-state index contributed by atoms with van der Waals surface area (Å²) >= 11 is 0.